The minimum Gasteiger partial charge on any atom is -0.497 e. The summed E-state index contributed by atoms with van der Waals surface area (Å²) in [5, 5.41) is 0. The van der Waals surface area contributed by atoms with Gasteiger partial charge in [-0.15, -0.1) is 0 Å². The Morgan fingerprint density at radius 1 is 0.842 bits per heavy atom. The molecule has 1 aromatic heterocycles. The molecule has 2 heterocycles. The number of halogens is 1. The van der Waals surface area contributed by atoms with Gasteiger partial charge < -0.3 is 23.7 Å². The number of fused-ring (bicyclic) bond motifs is 1. The van der Waals surface area contributed by atoms with Gasteiger partial charge in [-0.2, -0.15) is 0 Å². The Labute approximate surface area is 224 Å². The molecular weight excluding hydrogens is 481 g/mol. The number of rotatable bonds is 10. The predicted molar refractivity (Wildman–Crippen MR) is 148 cm³/mol. The van der Waals surface area contributed by atoms with Gasteiger partial charge in [-0.25, -0.2) is 9.37 Å². The topological polar surface area (TPSA) is 48.8 Å². The first kappa shape index (κ1) is 26.0. The molecule has 1 aliphatic heterocycles. The van der Waals surface area contributed by atoms with Gasteiger partial charge in [0.15, 0.2) is 11.5 Å². The summed E-state index contributed by atoms with van der Waals surface area (Å²) in [4.78, 5) is 7.61. The van der Waals surface area contributed by atoms with E-state index in [0.717, 1.165) is 73.5 Å². The van der Waals surface area contributed by atoms with Crippen molar-refractivity contribution in [3.8, 4) is 17.2 Å². The Bertz CT molecular complexity index is 1340. The standard InChI is InChI=1S/C31H36FN3O3/c1-36-26-10-6-22(7-11-26)12-15-34-16-13-23(14-17-34)18-31-33-27-19-29(37-2)30(38-3)20-28(27)35(31)21-24-4-8-25(32)9-5-24/h4-11,19-20,23H,12-18,21H2,1-3H3. The molecule has 6 nitrogen and oxygen atoms in total. The average molecular weight is 518 g/mol. The van der Waals surface area contributed by atoms with Crippen LogP contribution in [0.3, 0.4) is 0 Å². The Hall–Kier alpha value is -3.58. The highest BCUT2D eigenvalue weighted by Crippen LogP contribution is 2.34. The molecule has 0 aliphatic carbocycles. The van der Waals surface area contributed by atoms with Gasteiger partial charge in [-0.05, 0) is 73.7 Å². The SMILES string of the molecule is COc1ccc(CCN2CCC(Cc3nc4cc(OC)c(OC)cc4n3Cc3ccc(F)cc3)CC2)cc1. The molecule has 0 radical (unpaired) electrons. The summed E-state index contributed by atoms with van der Waals surface area (Å²) < 4.78 is 32.2. The van der Waals surface area contributed by atoms with Crippen molar-refractivity contribution < 1.29 is 18.6 Å². The molecule has 0 amide bonds. The lowest BCUT2D eigenvalue weighted by atomic mass is 9.93. The molecule has 5 rings (SSSR count). The number of hydrogen-bond donors (Lipinski definition) is 0. The second-order valence-corrected chi connectivity index (χ2v) is 10.0. The van der Waals surface area contributed by atoms with E-state index in [1.54, 1.807) is 21.3 Å². The van der Waals surface area contributed by atoms with Crippen LogP contribution in [-0.4, -0.2) is 55.4 Å². The molecule has 1 aliphatic rings. The zero-order chi connectivity index (χ0) is 26.5. The minimum absolute atomic E-state index is 0.227. The van der Waals surface area contributed by atoms with E-state index < -0.39 is 0 Å². The number of imidazole rings is 1. The first-order valence-electron chi connectivity index (χ1n) is 13.3. The van der Waals surface area contributed by atoms with Crippen LogP contribution >= 0.6 is 0 Å². The number of aromatic nitrogens is 2. The fourth-order valence-electron chi connectivity index (χ4n) is 5.36. The molecule has 0 saturated carbocycles. The second kappa shape index (κ2) is 11.9. The summed E-state index contributed by atoms with van der Waals surface area (Å²) >= 11 is 0. The van der Waals surface area contributed by atoms with Gasteiger partial charge >= 0.3 is 0 Å². The number of methoxy groups -OCH3 is 3. The Kier molecular flexibility index (Phi) is 8.13. The summed E-state index contributed by atoms with van der Waals surface area (Å²) in [7, 11) is 4.99. The van der Waals surface area contributed by atoms with E-state index in [9.17, 15) is 4.39 Å². The Morgan fingerprint density at radius 3 is 2.16 bits per heavy atom. The second-order valence-electron chi connectivity index (χ2n) is 10.0. The summed E-state index contributed by atoms with van der Waals surface area (Å²) in [5.41, 5.74) is 4.26. The molecule has 3 aromatic carbocycles. The van der Waals surface area contributed by atoms with Crippen molar-refractivity contribution in [2.45, 2.75) is 32.2 Å². The first-order chi connectivity index (χ1) is 18.6. The van der Waals surface area contributed by atoms with E-state index in [-0.39, 0.29) is 5.82 Å². The number of likely N-dealkylation sites (tertiary alicyclic amines) is 1. The first-order valence-corrected chi connectivity index (χ1v) is 13.3. The molecule has 0 spiro atoms. The van der Waals surface area contributed by atoms with Crippen LogP contribution in [0.5, 0.6) is 17.2 Å². The number of hydrogen-bond acceptors (Lipinski definition) is 5. The van der Waals surface area contributed by atoms with E-state index in [0.29, 0.717) is 24.0 Å². The average Bonchev–Trinajstić information content (AvgIpc) is 3.28. The Balaban J connectivity index is 1.29. The maximum absolute atomic E-state index is 13.5. The molecular formula is C31H36FN3O3. The highest BCUT2D eigenvalue weighted by Gasteiger charge is 2.23. The van der Waals surface area contributed by atoms with Gasteiger partial charge in [0.25, 0.3) is 0 Å². The summed E-state index contributed by atoms with van der Waals surface area (Å²) in [6.45, 7) is 3.89. The molecule has 7 heteroatoms. The quantitative estimate of drug-likeness (QED) is 0.268. The van der Waals surface area contributed by atoms with Crippen LogP contribution in [-0.2, 0) is 19.4 Å². The van der Waals surface area contributed by atoms with Crippen molar-refractivity contribution in [2.75, 3.05) is 41.0 Å². The predicted octanol–water partition coefficient (Wildman–Crippen LogP) is 5.75. The summed E-state index contributed by atoms with van der Waals surface area (Å²) in [6, 6.07) is 19.0. The number of nitrogens with zero attached hydrogens (tertiary/aromatic N) is 3. The largest absolute Gasteiger partial charge is 0.497 e. The molecule has 1 fully saturated rings. The lowest BCUT2D eigenvalue weighted by Gasteiger charge is -2.32. The van der Waals surface area contributed by atoms with Gasteiger partial charge in [0.2, 0.25) is 0 Å². The Morgan fingerprint density at radius 2 is 1.50 bits per heavy atom. The van der Waals surface area contributed by atoms with E-state index in [4.69, 9.17) is 19.2 Å². The molecule has 0 atom stereocenters. The highest BCUT2D eigenvalue weighted by atomic mass is 19.1. The van der Waals surface area contributed by atoms with Crippen LogP contribution in [0.2, 0.25) is 0 Å². The molecule has 200 valence electrons. The van der Waals surface area contributed by atoms with Crippen molar-refractivity contribution in [1.82, 2.24) is 14.5 Å². The van der Waals surface area contributed by atoms with Gasteiger partial charge in [-0.3, -0.25) is 0 Å². The number of benzene rings is 3. The fourth-order valence-corrected chi connectivity index (χ4v) is 5.36. The van der Waals surface area contributed by atoms with Gasteiger partial charge in [-0.1, -0.05) is 24.3 Å². The zero-order valence-electron chi connectivity index (χ0n) is 22.5. The van der Waals surface area contributed by atoms with Crippen LogP contribution in [0, 0.1) is 11.7 Å². The van der Waals surface area contributed by atoms with Crippen molar-refractivity contribution in [1.29, 1.82) is 0 Å². The summed E-state index contributed by atoms with van der Waals surface area (Å²) in [6.07, 6.45) is 4.25. The molecule has 4 aromatic rings. The highest BCUT2D eigenvalue weighted by molar-refractivity contribution is 5.81. The molecule has 1 saturated heterocycles. The fraction of sp³-hybridized carbons (Fsp3) is 0.387. The smallest absolute Gasteiger partial charge is 0.163 e. The maximum atomic E-state index is 13.5. The third-order valence-corrected chi connectivity index (χ3v) is 7.64. The van der Waals surface area contributed by atoms with Crippen LogP contribution in [0.4, 0.5) is 4.39 Å². The number of piperidine rings is 1. The maximum Gasteiger partial charge on any atom is 0.163 e. The van der Waals surface area contributed by atoms with Gasteiger partial charge in [0.1, 0.15) is 17.4 Å². The van der Waals surface area contributed by atoms with Crippen LogP contribution in [0.1, 0.15) is 29.8 Å². The van der Waals surface area contributed by atoms with Crippen molar-refractivity contribution in [2.24, 2.45) is 5.92 Å². The lowest BCUT2D eigenvalue weighted by molar-refractivity contribution is 0.184. The van der Waals surface area contributed by atoms with E-state index in [1.807, 2.05) is 36.4 Å². The van der Waals surface area contributed by atoms with Crippen molar-refractivity contribution in [3.63, 3.8) is 0 Å². The van der Waals surface area contributed by atoms with Crippen LogP contribution in [0.15, 0.2) is 60.7 Å². The monoisotopic (exact) mass is 517 g/mol. The van der Waals surface area contributed by atoms with Crippen LogP contribution < -0.4 is 14.2 Å². The number of ether oxygens (including phenoxy) is 3. The lowest BCUT2D eigenvalue weighted by Crippen LogP contribution is -2.36. The van der Waals surface area contributed by atoms with E-state index in [2.05, 4.69) is 21.6 Å². The third-order valence-electron chi connectivity index (χ3n) is 7.64. The third kappa shape index (κ3) is 5.94. The zero-order valence-corrected chi connectivity index (χ0v) is 22.5. The van der Waals surface area contributed by atoms with Crippen molar-refractivity contribution in [3.05, 3.63) is 83.4 Å². The minimum atomic E-state index is -0.227. The molecule has 0 N–H and O–H groups in total. The molecule has 0 bridgehead atoms. The van der Waals surface area contributed by atoms with Gasteiger partial charge in [0, 0.05) is 31.6 Å². The van der Waals surface area contributed by atoms with Gasteiger partial charge in [0.05, 0.1) is 32.4 Å². The van der Waals surface area contributed by atoms with Crippen molar-refractivity contribution >= 4 is 11.0 Å². The van der Waals surface area contributed by atoms with E-state index in [1.165, 1.54) is 17.7 Å². The van der Waals surface area contributed by atoms with Crippen LogP contribution in [0.25, 0.3) is 11.0 Å². The summed E-state index contributed by atoms with van der Waals surface area (Å²) in [5.74, 6) is 3.64. The normalized spacial score (nSPS) is 14.6. The molecule has 0 unspecified atom stereocenters. The van der Waals surface area contributed by atoms with E-state index >= 15 is 0 Å². The molecule has 38 heavy (non-hydrogen) atoms.